The summed E-state index contributed by atoms with van der Waals surface area (Å²) < 4.78 is 0. The highest BCUT2D eigenvalue weighted by Crippen LogP contribution is 2.20. The van der Waals surface area contributed by atoms with Crippen molar-refractivity contribution < 1.29 is 14.4 Å². The van der Waals surface area contributed by atoms with Crippen LogP contribution in [0.2, 0.25) is 0 Å². The molecule has 0 spiro atoms. The summed E-state index contributed by atoms with van der Waals surface area (Å²) in [7, 11) is 0. The zero-order chi connectivity index (χ0) is 16.5. The maximum Gasteiger partial charge on any atom is 0.321 e. The Labute approximate surface area is 134 Å². The fourth-order valence-corrected chi connectivity index (χ4v) is 2.21. The second kappa shape index (κ2) is 9.09. The van der Waals surface area contributed by atoms with Gasteiger partial charge in [-0.1, -0.05) is 6.92 Å². The molecule has 0 radical (unpaired) electrons. The van der Waals surface area contributed by atoms with Crippen LogP contribution in [-0.2, 0) is 9.59 Å². The predicted octanol–water partition coefficient (Wildman–Crippen LogP) is 2.36. The lowest BCUT2D eigenvalue weighted by atomic mass is 10.3. The summed E-state index contributed by atoms with van der Waals surface area (Å²) in [5.41, 5.74) is 0.703. The normalized spacial score (nSPS) is 11.4. The highest BCUT2D eigenvalue weighted by Gasteiger charge is 2.10. The Balaban J connectivity index is 2.37. The van der Waals surface area contributed by atoms with Crippen LogP contribution in [0.25, 0.3) is 0 Å². The zero-order valence-corrected chi connectivity index (χ0v) is 13.8. The number of rotatable bonds is 6. The van der Waals surface area contributed by atoms with Crippen molar-refractivity contribution in [2.45, 2.75) is 38.1 Å². The second-order valence-corrected chi connectivity index (χ2v) is 5.87. The average Bonchev–Trinajstić information content (AvgIpc) is 2.45. The Morgan fingerprint density at radius 2 is 1.82 bits per heavy atom. The molecule has 1 atom stereocenters. The van der Waals surface area contributed by atoms with Crippen molar-refractivity contribution in [1.82, 2.24) is 10.6 Å². The first-order valence-corrected chi connectivity index (χ1v) is 8.00. The van der Waals surface area contributed by atoms with Crippen LogP contribution in [0, 0.1) is 0 Å². The summed E-state index contributed by atoms with van der Waals surface area (Å²) >= 11 is 1.32. The maximum atomic E-state index is 11.7. The van der Waals surface area contributed by atoms with Gasteiger partial charge >= 0.3 is 6.03 Å². The molecule has 3 N–H and O–H groups in total. The first-order chi connectivity index (χ1) is 10.4. The van der Waals surface area contributed by atoms with E-state index in [0.29, 0.717) is 5.69 Å². The fraction of sp³-hybridized carbons (Fsp3) is 0.400. The minimum Gasteiger partial charge on any atom is -0.335 e. The number of imide groups is 1. The first kappa shape index (κ1) is 18.0. The van der Waals surface area contributed by atoms with Crippen LogP contribution >= 0.6 is 11.8 Å². The van der Waals surface area contributed by atoms with Crippen LogP contribution in [0.3, 0.4) is 0 Å². The maximum absolute atomic E-state index is 11.7. The Morgan fingerprint density at radius 1 is 1.18 bits per heavy atom. The number of anilines is 1. The molecular weight excluding hydrogens is 302 g/mol. The molecule has 120 valence electrons. The van der Waals surface area contributed by atoms with Crippen molar-refractivity contribution in [3.05, 3.63) is 24.3 Å². The van der Waals surface area contributed by atoms with E-state index in [0.717, 1.165) is 11.3 Å². The van der Waals surface area contributed by atoms with Gasteiger partial charge in [-0.15, -0.1) is 11.8 Å². The lowest BCUT2D eigenvalue weighted by molar-refractivity contribution is -0.117. The van der Waals surface area contributed by atoms with Gasteiger partial charge in [0.15, 0.2) is 0 Å². The number of urea groups is 1. The average molecular weight is 323 g/mol. The molecule has 22 heavy (non-hydrogen) atoms. The molecule has 1 rings (SSSR count). The largest absolute Gasteiger partial charge is 0.335 e. The Bertz CT molecular complexity index is 531. The molecule has 0 heterocycles. The van der Waals surface area contributed by atoms with Gasteiger partial charge in [0.2, 0.25) is 11.8 Å². The van der Waals surface area contributed by atoms with Gasteiger partial charge in [-0.2, -0.15) is 0 Å². The molecule has 0 aliphatic heterocycles. The molecule has 1 aromatic rings. The Hall–Kier alpha value is -2.02. The molecule has 4 amide bonds. The molecule has 0 aromatic heterocycles. The molecule has 0 saturated heterocycles. The number of amides is 4. The lowest BCUT2D eigenvalue weighted by Gasteiger charge is -2.11. The summed E-state index contributed by atoms with van der Waals surface area (Å²) in [5.74, 6) is -0.336. The molecule has 0 saturated carbocycles. The fourth-order valence-electron chi connectivity index (χ4n) is 1.51. The van der Waals surface area contributed by atoms with Gasteiger partial charge in [0, 0.05) is 23.5 Å². The minimum atomic E-state index is -0.471. The van der Waals surface area contributed by atoms with Crippen molar-refractivity contribution in [2.75, 3.05) is 11.1 Å². The minimum absolute atomic E-state index is 0.0294. The van der Waals surface area contributed by atoms with Crippen LogP contribution in [0.15, 0.2) is 29.2 Å². The Morgan fingerprint density at radius 3 is 2.36 bits per heavy atom. The number of thioether (sulfide) groups is 1. The molecule has 6 nitrogen and oxygen atoms in total. The molecule has 1 aromatic carbocycles. The van der Waals surface area contributed by atoms with Gasteiger partial charge in [-0.05, 0) is 37.6 Å². The van der Waals surface area contributed by atoms with E-state index in [1.807, 2.05) is 26.0 Å². The third-order valence-electron chi connectivity index (χ3n) is 2.79. The monoisotopic (exact) mass is 323 g/mol. The van der Waals surface area contributed by atoms with E-state index in [-0.39, 0.29) is 23.6 Å². The lowest BCUT2D eigenvalue weighted by Crippen LogP contribution is -2.43. The van der Waals surface area contributed by atoms with Gasteiger partial charge in [-0.25, -0.2) is 4.79 Å². The van der Waals surface area contributed by atoms with E-state index in [1.54, 1.807) is 12.1 Å². The number of hydrogen-bond acceptors (Lipinski definition) is 4. The smallest absolute Gasteiger partial charge is 0.321 e. The van der Waals surface area contributed by atoms with E-state index in [4.69, 9.17) is 0 Å². The summed E-state index contributed by atoms with van der Waals surface area (Å²) in [6.45, 7) is 5.26. The first-order valence-electron chi connectivity index (χ1n) is 7.01. The van der Waals surface area contributed by atoms with E-state index < -0.39 is 6.03 Å². The van der Waals surface area contributed by atoms with E-state index in [2.05, 4.69) is 16.0 Å². The summed E-state index contributed by atoms with van der Waals surface area (Å²) in [4.78, 5) is 34.9. The van der Waals surface area contributed by atoms with Crippen LogP contribution in [-0.4, -0.2) is 29.6 Å². The number of carbonyl (C=O) groups excluding carboxylic acids is 3. The van der Waals surface area contributed by atoms with Gasteiger partial charge in [0.05, 0.1) is 5.75 Å². The van der Waals surface area contributed by atoms with Crippen LogP contribution in [0.4, 0.5) is 10.5 Å². The number of nitrogens with one attached hydrogen (secondary N) is 3. The highest BCUT2D eigenvalue weighted by molar-refractivity contribution is 8.00. The van der Waals surface area contributed by atoms with Crippen molar-refractivity contribution in [3.63, 3.8) is 0 Å². The van der Waals surface area contributed by atoms with Crippen molar-refractivity contribution in [3.8, 4) is 0 Å². The second-order valence-electron chi connectivity index (χ2n) is 4.83. The Kier molecular flexibility index (Phi) is 7.45. The molecule has 0 bridgehead atoms. The third kappa shape index (κ3) is 7.12. The number of hydrogen-bond donors (Lipinski definition) is 3. The molecule has 0 unspecified atom stereocenters. The molecule has 0 aliphatic rings. The van der Waals surface area contributed by atoms with Gasteiger partial charge in [0.1, 0.15) is 0 Å². The van der Waals surface area contributed by atoms with Crippen LogP contribution < -0.4 is 16.0 Å². The third-order valence-corrected chi connectivity index (χ3v) is 3.80. The summed E-state index contributed by atoms with van der Waals surface area (Å²) in [5, 5.41) is 7.62. The van der Waals surface area contributed by atoms with Gasteiger partial charge in [0.25, 0.3) is 0 Å². The molecule has 7 heteroatoms. The highest BCUT2D eigenvalue weighted by atomic mass is 32.2. The number of carbonyl (C=O) groups is 3. The van der Waals surface area contributed by atoms with Crippen molar-refractivity contribution >= 4 is 35.3 Å². The molecule has 0 fully saturated rings. The summed E-state index contributed by atoms with van der Waals surface area (Å²) in [6.07, 6.45) is 0.803. The zero-order valence-electron chi connectivity index (χ0n) is 12.9. The number of benzene rings is 1. The van der Waals surface area contributed by atoms with E-state index >= 15 is 0 Å². The topological polar surface area (TPSA) is 87.3 Å². The van der Waals surface area contributed by atoms with Crippen LogP contribution in [0.5, 0.6) is 0 Å². The van der Waals surface area contributed by atoms with E-state index in [9.17, 15) is 14.4 Å². The van der Waals surface area contributed by atoms with Crippen molar-refractivity contribution in [2.24, 2.45) is 0 Å². The van der Waals surface area contributed by atoms with Crippen LogP contribution in [0.1, 0.15) is 27.2 Å². The molecule has 0 aliphatic carbocycles. The van der Waals surface area contributed by atoms with Gasteiger partial charge in [-0.3, -0.25) is 14.9 Å². The van der Waals surface area contributed by atoms with E-state index in [1.165, 1.54) is 18.7 Å². The quantitative estimate of drug-likeness (QED) is 0.701. The molecular formula is C15H21N3O3S. The van der Waals surface area contributed by atoms with Gasteiger partial charge < -0.3 is 10.6 Å². The standard InChI is InChI=1S/C15H21N3O3S/c1-4-10(2)16-15(21)18-14(20)9-22-13-7-5-12(6-8-13)17-11(3)19/h5-8,10H,4,9H2,1-3H3,(H,17,19)(H2,16,18,20,21)/t10-/m1/s1. The summed E-state index contributed by atoms with van der Waals surface area (Å²) in [6, 6.07) is 6.70. The predicted molar refractivity (Wildman–Crippen MR) is 87.9 cm³/mol. The SMILES string of the molecule is CC[C@@H](C)NC(=O)NC(=O)CSc1ccc(NC(C)=O)cc1. The van der Waals surface area contributed by atoms with Crippen molar-refractivity contribution in [1.29, 1.82) is 0 Å².